The number of carbonyl (C=O) groups excluding carboxylic acids is 2. The molecule has 0 bridgehead atoms. The molecule has 2 aromatic rings. The standard InChI is InChI=1S/C20H23BrN2O6S/c1-4-28-18-10-9-15(12-17(18)21)23-30(26,27)16-8-6-7-14(11-16)19(24)22-13(3)20(25)29-5-2/h6-13,23H,4-5H2,1-3H3,(H,22,24). The first-order chi connectivity index (χ1) is 14.2. The Morgan fingerprint density at radius 1 is 1.10 bits per heavy atom. The summed E-state index contributed by atoms with van der Waals surface area (Å²) in [6, 6.07) is 9.46. The van der Waals surface area contributed by atoms with Crippen molar-refractivity contribution in [3.63, 3.8) is 0 Å². The van der Waals surface area contributed by atoms with Crippen molar-refractivity contribution >= 4 is 43.5 Å². The Hall–Kier alpha value is -2.59. The normalized spacial score (nSPS) is 12.0. The second-order valence-electron chi connectivity index (χ2n) is 6.16. The molecule has 0 aliphatic rings. The van der Waals surface area contributed by atoms with Crippen LogP contribution in [0.4, 0.5) is 5.69 Å². The average molecular weight is 499 g/mol. The number of carbonyl (C=O) groups is 2. The summed E-state index contributed by atoms with van der Waals surface area (Å²) < 4.78 is 38.8. The first-order valence-electron chi connectivity index (χ1n) is 9.20. The summed E-state index contributed by atoms with van der Waals surface area (Å²) in [5.41, 5.74) is 0.429. The van der Waals surface area contributed by atoms with Gasteiger partial charge < -0.3 is 14.8 Å². The van der Waals surface area contributed by atoms with Crippen molar-refractivity contribution < 1.29 is 27.5 Å². The van der Waals surface area contributed by atoms with Crippen LogP contribution in [0.2, 0.25) is 0 Å². The van der Waals surface area contributed by atoms with Gasteiger partial charge in [0, 0.05) is 5.56 Å². The largest absolute Gasteiger partial charge is 0.493 e. The zero-order valence-electron chi connectivity index (χ0n) is 16.8. The number of amides is 1. The number of nitrogens with one attached hydrogen (secondary N) is 2. The maximum Gasteiger partial charge on any atom is 0.328 e. The summed E-state index contributed by atoms with van der Waals surface area (Å²) in [7, 11) is -3.95. The molecular weight excluding hydrogens is 476 g/mol. The molecule has 10 heteroatoms. The number of anilines is 1. The van der Waals surface area contributed by atoms with E-state index in [-0.39, 0.29) is 17.1 Å². The van der Waals surface area contributed by atoms with Gasteiger partial charge in [0.25, 0.3) is 15.9 Å². The van der Waals surface area contributed by atoms with E-state index in [1.54, 1.807) is 25.1 Å². The summed E-state index contributed by atoms with van der Waals surface area (Å²) in [4.78, 5) is 24.0. The number of benzene rings is 2. The average Bonchev–Trinajstić information content (AvgIpc) is 2.70. The molecule has 2 N–H and O–H groups in total. The quantitative estimate of drug-likeness (QED) is 0.513. The SMILES string of the molecule is CCOC(=O)C(C)NC(=O)c1cccc(S(=O)(=O)Nc2ccc(OCC)c(Br)c2)c1. The lowest BCUT2D eigenvalue weighted by atomic mass is 10.2. The lowest BCUT2D eigenvalue weighted by Gasteiger charge is -2.14. The van der Waals surface area contributed by atoms with Crippen molar-refractivity contribution in [1.29, 1.82) is 0 Å². The van der Waals surface area contributed by atoms with E-state index in [4.69, 9.17) is 9.47 Å². The molecule has 0 fully saturated rings. The van der Waals surface area contributed by atoms with Gasteiger partial charge >= 0.3 is 5.97 Å². The molecule has 0 saturated carbocycles. The number of sulfonamides is 1. The van der Waals surface area contributed by atoms with Crippen molar-refractivity contribution in [2.75, 3.05) is 17.9 Å². The highest BCUT2D eigenvalue weighted by atomic mass is 79.9. The third-order valence-corrected chi connectivity index (χ3v) is 5.88. The Bertz CT molecular complexity index is 1030. The van der Waals surface area contributed by atoms with Crippen molar-refractivity contribution in [3.05, 3.63) is 52.5 Å². The second kappa shape index (κ2) is 10.4. The third kappa shape index (κ3) is 6.20. The van der Waals surface area contributed by atoms with Crippen LogP contribution < -0.4 is 14.8 Å². The van der Waals surface area contributed by atoms with Crippen LogP contribution in [-0.2, 0) is 19.6 Å². The summed E-state index contributed by atoms with van der Waals surface area (Å²) in [6.07, 6.45) is 0. The molecule has 0 radical (unpaired) electrons. The summed E-state index contributed by atoms with van der Waals surface area (Å²) in [5, 5.41) is 2.49. The first-order valence-corrected chi connectivity index (χ1v) is 11.5. The smallest absolute Gasteiger partial charge is 0.328 e. The van der Waals surface area contributed by atoms with Crippen LogP contribution in [0.3, 0.4) is 0 Å². The van der Waals surface area contributed by atoms with Gasteiger partial charge in [0.1, 0.15) is 11.8 Å². The van der Waals surface area contributed by atoms with Gasteiger partial charge in [-0.15, -0.1) is 0 Å². The molecule has 2 aromatic carbocycles. The molecule has 162 valence electrons. The minimum absolute atomic E-state index is 0.0936. The maximum absolute atomic E-state index is 12.8. The lowest BCUT2D eigenvalue weighted by molar-refractivity contribution is -0.144. The fraction of sp³-hybridized carbons (Fsp3) is 0.300. The van der Waals surface area contributed by atoms with Crippen LogP contribution in [0.5, 0.6) is 5.75 Å². The number of ether oxygens (including phenoxy) is 2. The minimum Gasteiger partial charge on any atom is -0.493 e. The van der Waals surface area contributed by atoms with Gasteiger partial charge in [0.2, 0.25) is 0 Å². The summed E-state index contributed by atoms with van der Waals surface area (Å²) in [6.45, 7) is 5.67. The predicted molar refractivity (Wildman–Crippen MR) is 116 cm³/mol. The van der Waals surface area contributed by atoms with Gasteiger partial charge in [-0.25, -0.2) is 13.2 Å². The Morgan fingerprint density at radius 3 is 2.47 bits per heavy atom. The van der Waals surface area contributed by atoms with Crippen LogP contribution >= 0.6 is 15.9 Å². The van der Waals surface area contributed by atoms with Gasteiger partial charge in [-0.1, -0.05) is 6.07 Å². The number of hydrogen-bond donors (Lipinski definition) is 2. The Morgan fingerprint density at radius 2 is 1.83 bits per heavy atom. The van der Waals surface area contributed by atoms with Gasteiger partial charge in [-0.05, 0) is 73.1 Å². The molecule has 1 unspecified atom stereocenters. The molecule has 1 amide bonds. The van der Waals surface area contributed by atoms with E-state index in [0.29, 0.717) is 22.5 Å². The number of hydrogen-bond acceptors (Lipinski definition) is 6. The highest BCUT2D eigenvalue weighted by Crippen LogP contribution is 2.29. The number of halogens is 1. The Labute approximate surface area is 184 Å². The fourth-order valence-corrected chi connectivity index (χ4v) is 4.05. The highest BCUT2D eigenvalue weighted by Gasteiger charge is 2.20. The Kier molecular flexibility index (Phi) is 8.24. The molecule has 0 heterocycles. The third-order valence-electron chi connectivity index (χ3n) is 3.88. The molecule has 0 aliphatic heterocycles. The van der Waals surface area contributed by atoms with Gasteiger partial charge in [0.05, 0.1) is 28.3 Å². The number of esters is 1. The van der Waals surface area contributed by atoms with Crippen molar-refractivity contribution in [3.8, 4) is 5.75 Å². The zero-order valence-corrected chi connectivity index (χ0v) is 19.2. The van der Waals surface area contributed by atoms with Crippen LogP contribution in [-0.4, -0.2) is 39.5 Å². The molecule has 2 rings (SSSR count). The van der Waals surface area contributed by atoms with Crippen molar-refractivity contribution in [2.45, 2.75) is 31.7 Å². The van der Waals surface area contributed by atoms with E-state index in [1.807, 2.05) is 6.92 Å². The van der Waals surface area contributed by atoms with Crippen molar-refractivity contribution in [1.82, 2.24) is 5.32 Å². The molecule has 30 heavy (non-hydrogen) atoms. The van der Waals surface area contributed by atoms with Gasteiger partial charge in [0.15, 0.2) is 0 Å². The molecule has 0 spiro atoms. The van der Waals surface area contributed by atoms with Crippen LogP contribution in [0.25, 0.3) is 0 Å². The van der Waals surface area contributed by atoms with E-state index >= 15 is 0 Å². The number of rotatable bonds is 9. The van der Waals surface area contributed by atoms with Crippen LogP contribution in [0.15, 0.2) is 51.8 Å². The second-order valence-corrected chi connectivity index (χ2v) is 8.70. The summed E-state index contributed by atoms with van der Waals surface area (Å²) in [5.74, 6) is -0.566. The van der Waals surface area contributed by atoms with Crippen LogP contribution in [0, 0.1) is 0 Å². The Balaban J connectivity index is 2.18. The van der Waals surface area contributed by atoms with E-state index in [9.17, 15) is 18.0 Å². The minimum atomic E-state index is -3.95. The monoisotopic (exact) mass is 498 g/mol. The van der Waals surface area contributed by atoms with E-state index in [0.717, 1.165) is 0 Å². The van der Waals surface area contributed by atoms with Gasteiger partial charge in [-0.3, -0.25) is 9.52 Å². The van der Waals surface area contributed by atoms with Crippen molar-refractivity contribution in [2.24, 2.45) is 0 Å². The van der Waals surface area contributed by atoms with E-state index < -0.39 is 27.9 Å². The molecule has 8 nitrogen and oxygen atoms in total. The predicted octanol–water partition coefficient (Wildman–Crippen LogP) is 3.33. The molecule has 1 atom stereocenters. The van der Waals surface area contributed by atoms with E-state index in [1.165, 1.54) is 31.2 Å². The highest BCUT2D eigenvalue weighted by molar-refractivity contribution is 9.10. The molecule has 0 aromatic heterocycles. The lowest BCUT2D eigenvalue weighted by Crippen LogP contribution is -2.39. The maximum atomic E-state index is 12.8. The molecule has 0 aliphatic carbocycles. The zero-order chi connectivity index (χ0) is 22.3. The topological polar surface area (TPSA) is 111 Å². The van der Waals surface area contributed by atoms with E-state index in [2.05, 4.69) is 26.0 Å². The van der Waals surface area contributed by atoms with Gasteiger partial charge in [-0.2, -0.15) is 0 Å². The summed E-state index contributed by atoms with van der Waals surface area (Å²) >= 11 is 3.34. The van der Waals surface area contributed by atoms with Crippen LogP contribution in [0.1, 0.15) is 31.1 Å². The fourth-order valence-electron chi connectivity index (χ4n) is 2.46. The first kappa shape index (κ1) is 23.7. The molecule has 0 saturated heterocycles. The molecular formula is C20H23BrN2O6S.